The van der Waals surface area contributed by atoms with Gasteiger partial charge in [-0.15, -0.1) is 0 Å². The molecule has 1 amide bonds. The highest BCUT2D eigenvalue weighted by atomic mass is 16.4. The summed E-state index contributed by atoms with van der Waals surface area (Å²) in [6.07, 6.45) is 5.89. The highest BCUT2D eigenvalue weighted by Gasteiger charge is 2.28. The van der Waals surface area contributed by atoms with Gasteiger partial charge in [-0.05, 0) is 32.2 Å². The molecule has 5 nitrogen and oxygen atoms in total. The Morgan fingerprint density at radius 1 is 1.12 bits per heavy atom. The Hall–Kier alpha value is -0.810. The molecule has 3 atom stereocenters. The average Bonchev–Trinajstić information content (AvgIpc) is 2.32. The van der Waals surface area contributed by atoms with E-state index in [1.807, 2.05) is 0 Å². The first kappa shape index (κ1) is 12.6. The number of carboxylic acid groups (broad SMARTS) is 1. The minimum absolute atomic E-state index is 0.0863. The highest BCUT2D eigenvalue weighted by molar-refractivity contribution is 5.65. The third-order valence-corrected chi connectivity index (χ3v) is 3.82. The van der Waals surface area contributed by atoms with E-state index in [1.54, 1.807) is 0 Å². The fourth-order valence-corrected chi connectivity index (χ4v) is 2.96. The normalized spacial score (nSPS) is 34.2. The van der Waals surface area contributed by atoms with Gasteiger partial charge < -0.3 is 21.1 Å². The summed E-state index contributed by atoms with van der Waals surface area (Å²) in [5, 5.41) is 18.5. The first-order chi connectivity index (χ1) is 8.25. The summed E-state index contributed by atoms with van der Waals surface area (Å²) in [6.45, 7) is 2.12. The molecule has 2 fully saturated rings. The fraction of sp³-hybridized carbons (Fsp3) is 0.917. The summed E-state index contributed by atoms with van der Waals surface area (Å²) >= 11 is 0. The number of hydrogen-bond acceptors (Lipinski definition) is 3. The van der Waals surface area contributed by atoms with Crippen LogP contribution in [0.15, 0.2) is 0 Å². The molecule has 1 saturated carbocycles. The molecule has 0 aromatic heterocycles. The lowest BCUT2D eigenvalue weighted by molar-refractivity contribution is 0.176. The van der Waals surface area contributed by atoms with Gasteiger partial charge in [-0.1, -0.05) is 12.8 Å². The van der Waals surface area contributed by atoms with Gasteiger partial charge in [-0.2, -0.15) is 0 Å². The lowest BCUT2D eigenvalue weighted by Crippen LogP contribution is -2.56. The van der Waals surface area contributed by atoms with Crippen LogP contribution in [0.5, 0.6) is 0 Å². The Morgan fingerprint density at radius 2 is 1.88 bits per heavy atom. The van der Waals surface area contributed by atoms with Gasteiger partial charge >= 0.3 is 6.09 Å². The van der Waals surface area contributed by atoms with Gasteiger partial charge in [0.25, 0.3) is 0 Å². The van der Waals surface area contributed by atoms with Gasteiger partial charge in [0.05, 0.1) is 0 Å². The second kappa shape index (κ2) is 6.21. The maximum atomic E-state index is 10.8. The van der Waals surface area contributed by atoms with Crippen LogP contribution >= 0.6 is 0 Å². The molecule has 1 saturated heterocycles. The maximum Gasteiger partial charge on any atom is 0.404 e. The lowest BCUT2D eigenvalue weighted by Gasteiger charge is -2.36. The number of amides is 1. The Kier molecular flexibility index (Phi) is 4.62. The first-order valence-electron chi connectivity index (χ1n) is 6.72. The van der Waals surface area contributed by atoms with E-state index in [2.05, 4.69) is 16.0 Å². The van der Waals surface area contributed by atoms with Crippen molar-refractivity contribution in [2.45, 2.75) is 56.7 Å². The van der Waals surface area contributed by atoms with Gasteiger partial charge in [0.2, 0.25) is 0 Å². The molecule has 0 aromatic rings. The summed E-state index contributed by atoms with van der Waals surface area (Å²) < 4.78 is 0. The quantitative estimate of drug-likeness (QED) is 0.592. The fourth-order valence-electron chi connectivity index (χ4n) is 2.96. The van der Waals surface area contributed by atoms with Crippen molar-refractivity contribution in [2.24, 2.45) is 0 Å². The van der Waals surface area contributed by atoms with Crippen molar-refractivity contribution >= 4 is 6.09 Å². The van der Waals surface area contributed by atoms with E-state index in [1.165, 1.54) is 19.3 Å². The molecule has 0 aromatic carbocycles. The number of hydrogen-bond donors (Lipinski definition) is 4. The molecule has 1 aliphatic heterocycles. The van der Waals surface area contributed by atoms with Gasteiger partial charge in [0.15, 0.2) is 0 Å². The molecule has 4 N–H and O–H groups in total. The largest absolute Gasteiger partial charge is 0.465 e. The van der Waals surface area contributed by atoms with E-state index in [9.17, 15) is 4.79 Å². The van der Waals surface area contributed by atoms with E-state index in [0.29, 0.717) is 12.1 Å². The average molecular weight is 241 g/mol. The third kappa shape index (κ3) is 3.85. The Labute approximate surface area is 102 Å². The van der Waals surface area contributed by atoms with Crippen LogP contribution in [-0.4, -0.2) is 42.4 Å². The second-order valence-corrected chi connectivity index (χ2v) is 5.16. The van der Waals surface area contributed by atoms with E-state index in [-0.39, 0.29) is 6.04 Å². The molecule has 2 aliphatic rings. The maximum absolute atomic E-state index is 10.8. The van der Waals surface area contributed by atoms with Gasteiger partial charge in [0.1, 0.15) is 0 Å². The molecule has 1 aliphatic carbocycles. The van der Waals surface area contributed by atoms with Crippen molar-refractivity contribution in [1.29, 1.82) is 0 Å². The Bertz CT molecular complexity index is 254. The molecule has 0 radical (unpaired) electrons. The molecular weight excluding hydrogens is 218 g/mol. The molecule has 3 unspecified atom stereocenters. The standard InChI is InChI=1S/C12H23N3O2/c16-12(17)15-11-6-2-1-5-10(11)14-9-4-3-7-13-8-9/h9-11,13-15H,1-8H2,(H,16,17). The molecule has 17 heavy (non-hydrogen) atoms. The van der Waals surface area contributed by atoms with Crippen LogP contribution in [0.1, 0.15) is 38.5 Å². The van der Waals surface area contributed by atoms with E-state index >= 15 is 0 Å². The summed E-state index contributed by atoms with van der Waals surface area (Å²) in [4.78, 5) is 10.8. The molecule has 1 heterocycles. The zero-order valence-electron chi connectivity index (χ0n) is 10.2. The van der Waals surface area contributed by atoms with Crippen molar-refractivity contribution < 1.29 is 9.90 Å². The van der Waals surface area contributed by atoms with E-state index in [4.69, 9.17) is 5.11 Å². The van der Waals surface area contributed by atoms with Crippen LogP contribution in [0.3, 0.4) is 0 Å². The molecule has 0 bridgehead atoms. The van der Waals surface area contributed by atoms with Crippen LogP contribution in [0.2, 0.25) is 0 Å². The predicted octanol–water partition coefficient (Wildman–Crippen LogP) is 0.907. The molecule has 98 valence electrons. The summed E-state index contributed by atoms with van der Waals surface area (Å²) in [5.74, 6) is 0. The minimum Gasteiger partial charge on any atom is -0.465 e. The first-order valence-corrected chi connectivity index (χ1v) is 6.72. The SMILES string of the molecule is O=C(O)NC1CCCCC1NC1CCCNC1. The minimum atomic E-state index is -0.898. The number of rotatable bonds is 3. The number of carbonyl (C=O) groups is 1. The van der Waals surface area contributed by atoms with Gasteiger partial charge in [-0.25, -0.2) is 4.79 Å². The van der Waals surface area contributed by atoms with Crippen molar-refractivity contribution in [3.05, 3.63) is 0 Å². The Morgan fingerprint density at radius 3 is 2.53 bits per heavy atom. The predicted molar refractivity (Wildman–Crippen MR) is 66.2 cm³/mol. The molecule has 0 spiro atoms. The second-order valence-electron chi connectivity index (χ2n) is 5.16. The summed E-state index contributed by atoms with van der Waals surface area (Å²) in [5.41, 5.74) is 0. The van der Waals surface area contributed by atoms with Crippen LogP contribution in [0.25, 0.3) is 0 Å². The van der Waals surface area contributed by atoms with Gasteiger partial charge in [0, 0.05) is 24.7 Å². The van der Waals surface area contributed by atoms with E-state index < -0.39 is 6.09 Å². The summed E-state index contributed by atoms with van der Waals surface area (Å²) in [7, 11) is 0. The highest BCUT2D eigenvalue weighted by Crippen LogP contribution is 2.20. The van der Waals surface area contributed by atoms with Crippen molar-refractivity contribution in [1.82, 2.24) is 16.0 Å². The molecule has 2 rings (SSSR count). The van der Waals surface area contributed by atoms with Crippen LogP contribution in [0, 0.1) is 0 Å². The molecule has 5 heteroatoms. The topological polar surface area (TPSA) is 73.4 Å². The third-order valence-electron chi connectivity index (χ3n) is 3.82. The summed E-state index contributed by atoms with van der Waals surface area (Å²) in [6, 6.07) is 0.901. The number of nitrogens with one attached hydrogen (secondary N) is 3. The Balaban J connectivity index is 1.84. The van der Waals surface area contributed by atoms with Crippen molar-refractivity contribution in [3.63, 3.8) is 0 Å². The molecular formula is C12H23N3O2. The van der Waals surface area contributed by atoms with Crippen molar-refractivity contribution in [2.75, 3.05) is 13.1 Å². The van der Waals surface area contributed by atoms with Crippen LogP contribution < -0.4 is 16.0 Å². The van der Waals surface area contributed by atoms with Crippen LogP contribution in [-0.2, 0) is 0 Å². The number of piperidine rings is 1. The lowest BCUT2D eigenvalue weighted by atomic mass is 9.89. The van der Waals surface area contributed by atoms with Gasteiger partial charge in [-0.3, -0.25) is 0 Å². The zero-order chi connectivity index (χ0) is 12.1. The monoisotopic (exact) mass is 241 g/mol. The van der Waals surface area contributed by atoms with Crippen molar-refractivity contribution in [3.8, 4) is 0 Å². The smallest absolute Gasteiger partial charge is 0.404 e. The van der Waals surface area contributed by atoms with Crippen LogP contribution in [0.4, 0.5) is 4.79 Å². The zero-order valence-corrected chi connectivity index (χ0v) is 10.2. The van der Waals surface area contributed by atoms with E-state index in [0.717, 1.165) is 32.4 Å².